The van der Waals surface area contributed by atoms with E-state index in [1.54, 1.807) is 42.5 Å². The lowest BCUT2D eigenvalue weighted by molar-refractivity contribution is 0.0951. The Morgan fingerprint density at radius 1 is 0.971 bits per heavy atom. The second-order valence-electron chi connectivity index (χ2n) is 8.03. The number of hydrogen-bond acceptors (Lipinski definition) is 5. The molecule has 0 radical (unpaired) electrons. The SMILES string of the molecule is COc1ccc(OC)c(N(Cc2ccc(C(=O)NCC(C)c3ccccc3)cc2)S(C)(=O)=O)c1. The molecule has 34 heavy (non-hydrogen) atoms. The molecule has 0 aromatic heterocycles. The molecule has 180 valence electrons. The molecule has 3 aromatic carbocycles. The van der Waals surface area contributed by atoms with Gasteiger partial charge in [0.05, 0.1) is 32.7 Å². The number of carbonyl (C=O) groups excluding carboxylic acids is 1. The molecular weight excluding hydrogens is 452 g/mol. The number of carbonyl (C=O) groups is 1. The lowest BCUT2D eigenvalue weighted by Gasteiger charge is -2.25. The highest BCUT2D eigenvalue weighted by Gasteiger charge is 2.22. The summed E-state index contributed by atoms with van der Waals surface area (Å²) in [6, 6.07) is 21.9. The van der Waals surface area contributed by atoms with E-state index < -0.39 is 10.0 Å². The van der Waals surface area contributed by atoms with Gasteiger partial charge in [-0.1, -0.05) is 49.4 Å². The number of amides is 1. The first-order valence-corrected chi connectivity index (χ1v) is 12.7. The van der Waals surface area contributed by atoms with Gasteiger partial charge in [-0.3, -0.25) is 9.10 Å². The quantitative estimate of drug-likeness (QED) is 0.468. The fourth-order valence-corrected chi connectivity index (χ4v) is 4.43. The first-order valence-electron chi connectivity index (χ1n) is 10.8. The summed E-state index contributed by atoms with van der Waals surface area (Å²) in [5, 5.41) is 2.96. The third-order valence-electron chi connectivity index (χ3n) is 5.53. The van der Waals surface area contributed by atoms with Gasteiger partial charge in [0, 0.05) is 18.2 Å². The van der Waals surface area contributed by atoms with Crippen molar-refractivity contribution < 1.29 is 22.7 Å². The van der Waals surface area contributed by atoms with Crippen LogP contribution in [0.1, 0.15) is 34.3 Å². The van der Waals surface area contributed by atoms with Crippen LogP contribution in [-0.2, 0) is 16.6 Å². The Labute approximate surface area is 201 Å². The maximum atomic E-state index is 12.6. The maximum Gasteiger partial charge on any atom is 0.251 e. The number of hydrogen-bond donors (Lipinski definition) is 1. The van der Waals surface area contributed by atoms with Gasteiger partial charge in [0.15, 0.2) is 0 Å². The van der Waals surface area contributed by atoms with Crippen LogP contribution in [0.25, 0.3) is 0 Å². The van der Waals surface area contributed by atoms with E-state index in [0.717, 1.165) is 17.4 Å². The number of methoxy groups -OCH3 is 2. The lowest BCUT2D eigenvalue weighted by atomic mass is 10.0. The van der Waals surface area contributed by atoms with Crippen molar-refractivity contribution in [3.05, 3.63) is 89.5 Å². The van der Waals surface area contributed by atoms with E-state index in [9.17, 15) is 13.2 Å². The summed E-state index contributed by atoms with van der Waals surface area (Å²) in [4.78, 5) is 12.6. The summed E-state index contributed by atoms with van der Waals surface area (Å²) in [7, 11) is -0.628. The van der Waals surface area contributed by atoms with E-state index in [4.69, 9.17) is 9.47 Å². The molecule has 0 aliphatic heterocycles. The third-order valence-corrected chi connectivity index (χ3v) is 6.66. The fourth-order valence-electron chi connectivity index (χ4n) is 3.55. The number of ether oxygens (including phenoxy) is 2. The molecule has 3 aromatic rings. The number of sulfonamides is 1. The van der Waals surface area contributed by atoms with Gasteiger partial charge < -0.3 is 14.8 Å². The van der Waals surface area contributed by atoms with Crippen molar-refractivity contribution >= 4 is 21.6 Å². The highest BCUT2D eigenvalue weighted by Crippen LogP contribution is 2.34. The second-order valence-corrected chi connectivity index (χ2v) is 9.93. The molecular formula is C26H30N2O5S. The van der Waals surface area contributed by atoms with Crippen LogP contribution >= 0.6 is 0 Å². The Bertz CT molecular complexity index is 1210. The van der Waals surface area contributed by atoms with Gasteiger partial charge in [-0.15, -0.1) is 0 Å². The van der Waals surface area contributed by atoms with Crippen LogP contribution in [0.2, 0.25) is 0 Å². The Balaban J connectivity index is 1.73. The molecule has 0 bridgehead atoms. The van der Waals surface area contributed by atoms with Gasteiger partial charge in [0.25, 0.3) is 5.91 Å². The van der Waals surface area contributed by atoms with Crippen LogP contribution in [0, 0.1) is 0 Å². The van der Waals surface area contributed by atoms with E-state index >= 15 is 0 Å². The zero-order valence-electron chi connectivity index (χ0n) is 19.8. The van der Waals surface area contributed by atoms with Crippen LogP contribution in [0.4, 0.5) is 5.69 Å². The molecule has 0 aliphatic carbocycles. The molecule has 0 aliphatic rings. The highest BCUT2D eigenvalue weighted by molar-refractivity contribution is 7.92. The van der Waals surface area contributed by atoms with Crippen molar-refractivity contribution in [2.45, 2.75) is 19.4 Å². The van der Waals surface area contributed by atoms with Gasteiger partial charge >= 0.3 is 0 Å². The molecule has 0 fully saturated rings. The van der Waals surface area contributed by atoms with Crippen LogP contribution in [0.15, 0.2) is 72.8 Å². The minimum atomic E-state index is -3.63. The zero-order chi connectivity index (χ0) is 24.7. The topological polar surface area (TPSA) is 84.9 Å². The Morgan fingerprint density at radius 2 is 1.65 bits per heavy atom. The number of nitrogens with zero attached hydrogens (tertiary/aromatic N) is 1. The summed E-state index contributed by atoms with van der Waals surface area (Å²) >= 11 is 0. The molecule has 0 heterocycles. The third kappa shape index (κ3) is 6.29. The fraction of sp³-hybridized carbons (Fsp3) is 0.269. The zero-order valence-corrected chi connectivity index (χ0v) is 20.6. The van der Waals surface area contributed by atoms with Crippen molar-refractivity contribution in [3.8, 4) is 11.5 Å². The average molecular weight is 483 g/mol. The molecule has 0 saturated carbocycles. The van der Waals surface area contributed by atoms with E-state index in [0.29, 0.717) is 29.3 Å². The minimum absolute atomic E-state index is 0.0787. The predicted octanol–water partition coefficient (Wildman–Crippen LogP) is 4.20. The Morgan fingerprint density at radius 3 is 2.24 bits per heavy atom. The molecule has 1 amide bonds. The second kappa shape index (κ2) is 11.1. The Kier molecular flexibility index (Phi) is 8.17. The maximum absolute atomic E-state index is 12.6. The van der Waals surface area contributed by atoms with E-state index in [1.165, 1.54) is 18.5 Å². The van der Waals surface area contributed by atoms with Crippen LogP contribution in [0.5, 0.6) is 11.5 Å². The largest absolute Gasteiger partial charge is 0.497 e. The average Bonchev–Trinajstić information content (AvgIpc) is 2.85. The van der Waals surface area contributed by atoms with Gasteiger partial charge in [-0.2, -0.15) is 0 Å². The summed E-state index contributed by atoms with van der Waals surface area (Å²) in [6.07, 6.45) is 1.14. The van der Waals surface area contributed by atoms with Gasteiger partial charge in [-0.05, 0) is 41.3 Å². The van der Waals surface area contributed by atoms with E-state index in [-0.39, 0.29) is 18.4 Å². The molecule has 0 saturated heterocycles. The van der Waals surface area contributed by atoms with E-state index in [2.05, 4.69) is 12.2 Å². The first kappa shape index (κ1) is 25.1. The molecule has 7 nitrogen and oxygen atoms in total. The van der Waals surface area contributed by atoms with E-state index in [1.807, 2.05) is 30.3 Å². The number of rotatable bonds is 10. The normalized spacial score (nSPS) is 12.0. The van der Waals surface area contributed by atoms with Crippen LogP contribution in [0.3, 0.4) is 0 Å². The van der Waals surface area contributed by atoms with Crippen LogP contribution in [-0.4, -0.2) is 41.3 Å². The monoisotopic (exact) mass is 482 g/mol. The minimum Gasteiger partial charge on any atom is -0.497 e. The van der Waals surface area contributed by atoms with Gasteiger partial charge in [-0.25, -0.2) is 8.42 Å². The molecule has 1 N–H and O–H groups in total. The lowest BCUT2D eigenvalue weighted by Crippen LogP contribution is -2.30. The number of anilines is 1. The smallest absolute Gasteiger partial charge is 0.251 e. The molecule has 1 atom stereocenters. The summed E-state index contributed by atoms with van der Waals surface area (Å²) in [6.45, 7) is 2.66. The van der Waals surface area contributed by atoms with Crippen molar-refractivity contribution in [2.24, 2.45) is 0 Å². The predicted molar refractivity (Wildman–Crippen MR) is 134 cm³/mol. The number of benzene rings is 3. The summed E-state index contributed by atoms with van der Waals surface area (Å²) in [5.41, 5.74) is 2.77. The van der Waals surface area contributed by atoms with Gasteiger partial charge in [0.1, 0.15) is 11.5 Å². The standard InChI is InChI=1S/C26H30N2O5S/c1-19(21-8-6-5-7-9-21)17-27-26(29)22-12-10-20(11-13-22)18-28(34(4,30)31)24-16-23(32-2)14-15-25(24)33-3/h5-16,19H,17-18H2,1-4H3,(H,27,29). The molecule has 3 rings (SSSR count). The summed E-state index contributed by atoms with van der Waals surface area (Å²) in [5.74, 6) is 0.935. The first-order chi connectivity index (χ1) is 16.2. The van der Waals surface area contributed by atoms with Crippen molar-refractivity contribution in [3.63, 3.8) is 0 Å². The summed E-state index contributed by atoms with van der Waals surface area (Å²) < 4.78 is 37.1. The van der Waals surface area contributed by atoms with Gasteiger partial charge in [0.2, 0.25) is 10.0 Å². The van der Waals surface area contributed by atoms with Crippen molar-refractivity contribution in [1.82, 2.24) is 5.32 Å². The molecule has 1 unspecified atom stereocenters. The molecule has 8 heteroatoms. The van der Waals surface area contributed by atoms with Crippen molar-refractivity contribution in [2.75, 3.05) is 31.3 Å². The Hall–Kier alpha value is -3.52. The van der Waals surface area contributed by atoms with Crippen molar-refractivity contribution in [1.29, 1.82) is 0 Å². The number of nitrogens with one attached hydrogen (secondary N) is 1. The van der Waals surface area contributed by atoms with Crippen LogP contribution < -0.4 is 19.1 Å². The highest BCUT2D eigenvalue weighted by atomic mass is 32.2. The molecule has 0 spiro atoms.